The minimum absolute atomic E-state index is 0.0752. The number of hydrogen-bond acceptors (Lipinski definition) is 7. The molecule has 0 saturated carbocycles. The first kappa shape index (κ1) is 24.0. The summed E-state index contributed by atoms with van der Waals surface area (Å²) in [5, 5.41) is 9.89. The van der Waals surface area contributed by atoms with Gasteiger partial charge in [-0.2, -0.15) is 4.98 Å². The molecule has 4 aromatic rings. The summed E-state index contributed by atoms with van der Waals surface area (Å²) in [6, 6.07) is 14.7. The molecule has 2 aromatic carbocycles. The quantitative estimate of drug-likeness (QED) is 0.320. The number of aliphatic hydroxyl groups is 1. The summed E-state index contributed by atoms with van der Waals surface area (Å²) < 4.78 is 33.8. The van der Waals surface area contributed by atoms with E-state index >= 15 is 0 Å². The summed E-state index contributed by atoms with van der Waals surface area (Å²) in [7, 11) is -3.00. The molecule has 0 unspecified atom stereocenters. The van der Waals surface area contributed by atoms with Gasteiger partial charge in [-0.1, -0.05) is 17.7 Å². The van der Waals surface area contributed by atoms with Crippen LogP contribution in [-0.2, 0) is 16.4 Å². The van der Waals surface area contributed by atoms with E-state index in [0.29, 0.717) is 46.4 Å². The molecular formula is C24H24ClN3O5S. The van der Waals surface area contributed by atoms with Crippen molar-refractivity contribution in [1.29, 1.82) is 0 Å². The predicted octanol–water partition coefficient (Wildman–Crippen LogP) is 4.68. The Kier molecular flexibility index (Phi) is 7.06. The smallest absolute Gasteiger partial charge is 0.301 e. The second-order valence-electron chi connectivity index (χ2n) is 7.93. The van der Waals surface area contributed by atoms with E-state index in [2.05, 4.69) is 15.0 Å². The number of hydrogen-bond donors (Lipinski definition) is 2. The number of pyridine rings is 1. The lowest BCUT2D eigenvalue weighted by molar-refractivity contribution is 0.280. The molecule has 4 rings (SSSR count). The van der Waals surface area contributed by atoms with Crippen molar-refractivity contribution in [3.63, 3.8) is 0 Å². The number of fused-ring (bicyclic) bond motifs is 1. The van der Waals surface area contributed by atoms with Crippen molar-refractivity contribution in [1.82, 2.24) is 15.0 Å². The number of ether oxygens (including phenoxy) is 2. The normalized spacial score (nSPS) is 11.6. The molecule has 2 N–H and O–H groups in total. The number of sulfone groups is 1. The van der Waals surface area contributed by atoms with Gasteiger partial charge in [-0.05, 0) is 66.9 Å². The van der Waals surface area contributed by atoms with Gasteiger partial charge < -0.3 is 14.6 Å². The van der Waals surface area contributed by atoms with Gasteiger partial charge >= 0.3 is 6.01 Å². The fraction of sp³-hybridized carbons (Fsp3) is 0.250. The molecule has 0 atom stereocenters. The van der Waals surface area contributed by atoms with Crippen LogP contribution in [0.15, 0.2) is 48.5 Å². The number of aliphatic hydroxyl groups excluding tert-OH is 1. The maximum absolute atomic E-state index is 11.2. The summed E-state index contributed by atoms with van der Waals surface area (Å²) in [5.41, 5.74) is 4.20. The van der Waals surface area contributed by atoms with Gasteiger partial charge in [0, 0.05) is 11.8 Å². The van der Waals surface area contributed by atoms with Crippen molar-refractivity contribution >= 4 is 32.6 Å². The van der Waals surface area contributed by atoms with E-state index in [1.165, 1.54) is 6.26 Å². The number of aromatic nitrogens is 3. The predicted molar refractivity (Wildman–Crippen MR) is 131 cm³/mol. The van der Waals surface area contributed by atoms with Gasteiger partial charge in [0.1, 0.15) is 26.9 Å². The lowest BCUT2D eigenvalue weighted by Crippen LogP contribution is -2.07. The molecule has 0 amide bonds. The van der Waals surface area contributed by atoms with E-state index in [1.54, 1.807) is 30.3 Å². The lowest BCUT2D eigenvalue weighted by Gasteiger charge is -2.08. The maximum atomic E-state index is 11.2. The van der Waals surface area contributed by atoms with Crippen LogP contribution in [0.2, 0.25) is 5.02 Å². The van der Waals surface area contributed by atoms with E-state index in [1.807, 2.05) is 25.1 Å². The van der Waals surface area contributed by atoms with Crippen LogP contribution in [0.3, 0.4) is 0 Å². The molecule has 2 aromatic heterocycles. The van der Waals surface area contributed by atoms with Gasteiger partial charge in [-0.25, -0.2) is 13.4 Å². The third-order valence-electron chi connectivity index (χ3n) is 5.16. The Morgan fingerprint density at radius 3 is 2.50 bits per heavy atom. The zero-order valence-electron chi connectivity index (χ0n) is 18.7. The Balaban J connectivity index is 1.49. The zero-order chi connectivity index (χ0) is 24.3. The summed E-state index contributed by atoms with van der Waals surface area (Å²) in [4.78, 5) is 12.1. The molecule has 0 bridgehead atoms. The highest BCUT2D eigenvalue weighted by Gasteiger charge is 2.13. The molecule has 0 aliphatic rings. The molecule has 0 aliphatic heterocycles. The molecule has 8 nitrogen and oxygen atoms in total. The van der Waals surface area contributed by atoms with E-state index in [0.717, 1.165) is 16.7 Å². The number of nitrogens with one attached hydrogen (secondary N) is 1. The van der Waals surface area contributed by atoms with Crippen molar-refractivity contribution in [2.75, 3.05) is 18.6 Å². The molecular weight excluding hydrogens is 478 g/mol. The highest BCUT2D eigenvalue weighted by atomic mass is 35.5. The monoisotopic (exact) mass is 501 g/mol. The maximum Gasteiger partial charge on any atom is 0.301 e. The highest BCUT2D eigenvalue weighted by molar-refractivity contribution is 7.90. The molecule has 10 heteroatoms. The minimum Gasteiger partial charge on any atom is -0.494 e. The second kappa shape index (κ2) is 10.0. The Hall–Kier alpha value is -3.14. The average Bonchev–Trinajstić information content (AvgIpc) is 3.18. The van der Waals surface area contributed by atoms with Gasteiger partial charge in [0.25, 0.3) is 0 Å². The van der Waals surface area contributed by atoms with Gasteiger partial charge in [-0.3, -0.25) is 4.98 Å². The zero-order valence-corrected chi connectivity index (χ0v) is 20.3. The molecule has 0 saturated heterocycles. The number of benzene rings is 2. The fourth-order valence-corrected chi connectivity index (χ4v) is 4.26. The van der Waals surface area contributed by atoms with Gasteiger partial charge in [0.2, 0.25) is 0 Å². The van der Waals surface area contributed by atoms with Gasteiger partial charge in [-0.15, -0.1) is 0 Å². The molecule has 0 radical (unpaired) electrons. The third kappa shape index (κ3) is 5.85. The minimum atomic E-state index is -3.00. The Bertz CT molecular complexity index is 1420. The number of imidazole rings is 1. The van der Waals surface area contributed by atoms with Crippen LogP contribution in [0, 0.1) is 6.92 Å². The summed E-state index contributed by atoms with van der Waals surface area (Å²) in [5.74, 6) is 1.27. The topological polar surface area (TPSA) is 114 Å². The number of H-pyrrole nitrogens is 1. The number of nitrogens with zero attached hydrogens (tertiary/aromatic N) is 2. The molecule has 0 spiro atoms. The Labute approximate surface area is 202 Å². The van der Waals surface area contributed by atoms with Gasteiger partial charge in [0.15, 0.2) is 5.65 Å². The molecule has 2 heterocycles. The van der Waals surface area contributed by atoms with Crippen molar-refractivity contribution < 1.29 is 23.0 Å². The largest absolute Gasteiger partial charge is 0.494 e. The number of aromatic amines is 1. The summed E-state index contributed by atoms with van der Waals surface area (Å²) in [6.07, 6.45) is 1.64. The van der Waals surface area contributed by atoms with E-state index in [-0.39, 0.29) is 18.4 Å². The van der Waals surface area contributed by atoms with E-state index in [4.69, 9.17) is 21.1 Å². The van der Waals surface area contributed by atoms with Crippen molar-refractivity contribution in [2.45, 2.75) is 20.0 Å². The SMILES string of the molecule is Cc1ccc(Oc2nc3cc(Cl)c(-c4ccc(OCCCS(C)(=O)=O)cc4)nc3[nH]2)cc1CO. The standard InChI is InChI=1S/C24H24ClN3O5S/c1-15-4-7-19(12-17(15)14-29)33-24-26-21-13-20(25)22(27-23(21)28-24)16-5-8-18(9-6-16)32-10-3-11-34(2,30)31/h4-9,12-13,29H,3,10-11,14H2,1-2H3,(H,26,27,28). The first-order valence-electron chi connectivity index (χ1n) is 10.6. The number of rotatable bonds is 9. The van der Waals surface area contributed by atoms with Crippen molar-refractivity contribution in [3.8, 4) is 28.8 Å². The van der Waals surface area contributed by atoms with Crippen LogP contribution < -0.4 is 9.47 Å². The molecule has 0 fully saturated rings. The van der Waals surface area contributed by atoms with Crippen molar-refractivity contribution in [3.05, 3.63) is 64.7 Å². The van der Waals surface area contributed by atoms with Crippen LogP contribution >= 0.6 is 11.6 Å². The molecule has 0 aliphatic carbocycles. The molecule has 34 heavy (non-hydrogen) atoms. The summed E-state index contributed by atoms with van der Waals surface area (Å²) in [6.45, 7) is 2.16. The van der Waals surface area contributed by atoms with Crippen molar-refractivity contribution in [2.24, 2.45) is 0 Å². The van der Waals surface area contributed by atoms with Crippen LogP contribution in [0.1, 0.15) is 17.5 Å². The van der Waals surface area contributed by atoms with Crippen LogP contribution in [0.5, 0.6) is 17.5 Å². The molecule has 178 valence electrons. The third-order valence-corrected chi connectivity index (χ3v) is 6.48. The Morgan fingerprint density at radius 1 is 1.06 bits per heavy atom. The fourth-order valence-electron chi connectivity index (χ4n) is 3.36. The van der Waals surface area contributed by atoms with E-state index in [9.17, 15) is 13.5 Å². The number of aryl methyl sites for hydroxylation is 1. The van der Waals surface area contributed by atoms with E-state index < -0.39 is 9.84 Å². The summed E-state index contributed by atoms with van der Waals surface area (Å²) >= 11 is 6.48. The first-order chi connectivity index (χ1) is 16.2. The van der Waals surface area contributed by atoms with Gasteiger partial charge in [0.05, 0.1) is 29.7 Å². The lowest BCUT2D eigenvalue weighted by atomic mass is 10.1. The number of halogens is 1. The van der Waals surface area contributed by atoms with Crippen LogP contribution in [-0.4, -0.2) is 47.1 Å². The Morgan fingerprint density at radius 2 is 1.79 bits per heavy atom. The highest BCUT2D eigenvalue weighted by Crippen LogP contribution is 2.31. The van der Waals surface area contributed by atoms with Crippen LogP contribution in [0.25, 0.3) is 22.4 Å². The second-order valence-corrected chi connectivity index (χ2v) is 10.6. The van der Waals surface area contributed by atoms with Crippen LogP contribution in [0.4, 0.5) is 0 Å². The first-order valence-corrected chi connectivity index (χ1v) is 13.0. The average molecular weight is 502 g/mol.